The first-order chi connectivity index (χ1) is 9.42. The van der Waals surface area contributed by atoms with Crippen molar-refractivity contribution in [1.82, 2.24) is 10.6 Å². The number of carbonyl (C=O) groups excluding carboxylic acids is 1. The average molecular weight is 299 g/mol. The van der Waals surface area contributed by atoms with E-state index in [1.165, 1.54) is 0 Å². The van der Waals surface area contributed by atoms with Gasteiger partial charge in [-0.2, -0.15) is 0 Å². The SMILES string of the molecule is CCCNCCNC(=O)c1cccc(CS(N)(=O)=O)c1. The largest absolute Gasteiger partial charge is 0.351 e. The lowest BCUT2D eigenvalue weighted by atomic mass is 10.1. The molecule has 0 aromatic heterocycles. The van der Waals surface area contributed by atoms with Crippen molar-refractivity contribution in [2.24, 2.45) is 5.14 Å². The van der Waals surface area contributed by atoms with Crippen molar-refractivity contribution < 1.29 is 13.2 Å². The van der Waals surface area contributed by atoms with Crippen molar-refractivity contribution in [1.29, 1.82) is 0 Å². The molecule has 1 aromatic rings. The van der Waals surface area contributed by atoms with Crippen LogP contribution in [0.1, 0.15) is 29.3 Å². The van der Waals surface area contributed by atoms with Gasteiger partial charge in [-0.25, -0.2) is 13.6 Å². The number of carbonyl (C=O) groups is 1. The van der Waals surface area contributed by atoms with E-state index in [1.807, 2.05) is 0 Å². The summed E-state index contributed by atoms with van der Waals surface area (Å²) in [6.07, 6.45) is 1.05. The molecule has 112 valence electrons. The summed E-state index contributed by atoms with van der Waals surface area (Å²) < 4.78 is 22.0. The van der Waals surface area contributed by atoms with E-state index < -0.39 is 10.0 Å². The zero-order chi connectivity index (χ0) is 15.0. The summed E-state index contributed by atoms with van der Waals surface area (Å²) in [5, 5.41) is 10.9. The summed E-state index contributed by atoms with van der Waals surface area (Å²) in [4.78, 5) is 11.9. The number of amides is 1. The molecule has 0 fully saturated rings. The number of sulfonamides is 1. The van der Waals surface area contributed by atoms with Gasteiger partial charge in [0.25, 0.3) is 5.91 Å². The van der Waals surface area contributed by atoms with Gasteiger partial charge in [0.1, 0.15) is 0 Å². The molecule has 0 saturated heterocycles. The Morgan fingerprint density at radius 3 is 2.65 bits per heavy atom. The van der Waals surface area contributed by atoms with Gasteiger partial charge in [0.05, 0.1) is 5.75 Å². The van der Waals surface area contributed by atoms with Gasteiger partial charge >= 0.3 is 0 Å². The standard InChI is InChI=1S/C13H21N3O3S/c1-2-6-15-7-8-16-13(17)12-5-3-4-11(9-12)10-20(14,18)19/h3-5,9,15H,2,6-8,10H2,1H3,(H,16,17)(H2,14,18,19). The van der Waals surface area contributed by atoms with E-state index in [0.717, 1.165) is 13.0 Å². The summed E-state index contributed by atoms with van der Waals surface area (Å²) in [5.41, 5.74) is 0.936. The second-order valence-electron chi connectivity index (χ2n) is 4.51. The van der Waals surface area contributed by atoms with E-state index in [4.69, 9.17) is 5.14 Å². The molecule has 0 saturated carbocycles. The third-order valence-electron chi connectivity index (χ3n) is 2.57. The van der Waals surface area contributed by atoms with E-state index in [9.17, 15) is 13.2 Å². The second kappa shape index (κ2) is 7.98. The van der Waals surface area contributed by atoms with Gasteiger partial charge in [-0.1, -0.05) is 19.1 Å². The van der Waals surface area contributed by atoms with E-state index in [1.54, 1.807) is 24.3 Å². The molecule has 1 rings (SSSR count). The number of benzene rings is 1. The van der Waals surface area contributed by atoms with Crippen LogP contribution in [0.5, 0.6) is 0 Å². The van der Waals surface area contributed by atoms with Crippen molar-refractivity contribution in [2.45, 2.75) is 19.1 Å². The highest BCUT2D eigenvalue weighted by molar-refractivity contribution is 7.88. The summed E-state index contributed by atoms with van der Waals surface area (Å²) in [7, 11) is -3.59. The smallest absolute Gasteiger partial charge is 0.251 e. The molecule has 1 aromatic carbocycles. The Morgan fingerprint density at radius 2 is 2.00 bits per heavy atom. The minimum atomic E-state index is -3.59. The van der Waals surface area contributed by atoms with E-state index in [0.29, 0.717) is 24.2 Å². The summed E-state index contributed by atoms with van der Waals surface area (Å²) in [6, 6.07) is 6.45. The van der Waals surface area contributed by atoms with Crippen LogP contribution in [0.4, 0.5) is 0 Å². The molecule has 0 atom stereocenters. The number of nitrogens with two attached hydrogens (primary N) is 1. The van der Waals surface area contributed by atoms with Crippen molar-refractivity contribution in [3.8, 4) is 0 Å². The van der Waals surface area contributed by atoms with Gasteiger partial charge in [0.2, 0.25) is 10.0 Å². The van der Waals surface area contributed by atoms with Crippen molar-refractivity contribution in [2.75, 3.05) is 19.6 Å². The summed E-state index contributed by atoms with van der Waals surface area (Å²) >= 11 is 0. The molecule has 0 heterocycles. The average Bonchev–Trinajstić information content (AvgIpc) is 2.36. The maximum atomic E-state index is 11.9. The van der Waals surface area contributed by atoms with Crippen LogP contribution in [0.25, 0.3) is 0 Å². The maximum Gasteiger partial charge on any atom is 0.251 e. The fraction of sp³-hybridized carbons (Fsp3) is 0.462. The molecular weight excluding hydrogens is 278 g/mol. The van der Waals surface area contributed by atoms with E-state index >= 15 is 0 Å². The first-order valence-corrected chi connectivity index (χ1v) is 8.22. The number of hydrogen-bond donors (Lipinski definition) is 3. The molecule has 0 radical (unpaired) electrons. The van der Waals surface area contributed by atoms with Crippen LogP contribution in [-0.2, 0) is 15.8 Å². The number of rotatable bonds is 8. The van der Waals surface area contributed by atoms with Crippen LogP contribution >= 0.6 is 0 Å². The number of primary sulfonamides is 1. The minimum absolute atomic E-state index is 0.223. The van der Waals surface area contributed by atoms with Crippen LogP contribution in [0.15, 0.2) is 24.3 Å². The van der Waals surface area contributed by atoms with Gasteiger partial charge < -0.3 is 10.6 Å². The van der Waals surface area contributed by atoms with Gasteiger partial charge in [-0.3, -0.25) is 4.79 Å². The Bertz CT molecular complexity index is 544. The van der Waals surface area contributed by atoms with E-state index in [2.05, 4.69) is 17.6 Å². The Hall–Kier alpha value is -1.44. The molecule has 0 aliphatic rings. The fourth-order valence-corrected chi connectivity index (χ4v) is 2.35. The number of hydrogen-bond acceptors (Lipinski definition) is 4. The third-order valence-corrected chi connectivity index (χ3v) is 3.31. The predicted molar refractivity (Wildman–Crippen MR) is 78.7 cm³/mol. The normalized spacial score (nSPS) is 11.3. The zero-order valence-corrected chi connectivity index (χ0v) is 12.4. The highest BCUT2D eigenvalue weighted by atomic mass is 32.2. The van der Waals surface area contributed by atoms with E-state index in [-0.39, 0.29) is 11.7 Å². The lowest BCUT2D eigenvalue weighted by Gasteiger charge is -2.07. The molecule has 6 nitrogen and oxygen atoms in total. The Balaban J connectivity index is 2.54. The van der Waals surface area contributed by atoms with Crippen molar-refractivity contribution in [3.05, 3.63) is 35.4 Å². The van der Waals surface area contributed by atoms with Crippen LogP contribution < -0.4 is 15.8 Å². The molecule has 0 aliphatic carbocycles. The molecule has 20 heavy (non-hydrogen) atoms. The van der Waals surface area contributed by atoms with Crippen LogP contribution in [0.3, 0.4) is 0 Å². The first-order valence-electron chi connectivity index (χ1n) is 6.50. The monoisotopic (exact) mass is 299 g/mol. The van der Waals surface area contributed by atoms with Crippen molar-refractivity contribution >= 4 is 15.9 Å². The Labute approximate surface area is 119 Å². The molecule has 1 amide bonds. The molecule has 4 N–H and O–H groups in total. The molecule has 0 aliphatic heterocycles. The second-order valence-corrected chi connectivity index (χ2v) is 6.13. The Kier molecular flexibility index (Phi) is 6.63. The lowest BCUT2D eigenvalue weighted by Crippen LogP contribution is -2.32. The van der Waals surface area contributed by atoms with Gasteiger partial charge in [-0.15, -0.1) is 0 Å². The molecule has 0 unspecified atom stereocenters. The maximum absolute atomic E-state index is 11.9. The number of nitrogens with one attached hydrogen (secondary N) is 2. The topological polar surface area (TPSA) is 101 Å². The van der Waals surface area contributed by atoms with Gasteiger partial charge in [-0.05, 0) is 30.7 Å². The highest BCUT2D eigenvalue weighted by Gasteiger charge is 2.09. The summed E-state index contributed by atoms with van der Waals surface area (Å²) in [6.45, 7) is 4.22. The van der Waals surface area contributed by atoms with Crippen LogP contribution in [0.2, 0.25) is 0 Å². The van der Waals surface area contributed by atoms with Crippen molar-refractivity contribution in [3.63, 3.8) is 0 Å². The zero-order valence-electron chi connectivity index (χ0n) is 11.6. The van der Waals surface area contributed by atoms with Gasteiger partial charge in [0.15, 0.2) is 0 Å². The minimum Gasteiger partial charge on any atom is -0.351 e. The molecule has 0 spiro atoms. The lowest BCUT2D eigenvalue weighted by molar-refractivity contribution is 0.0954. The fourth-order valence-electron chi connectivity index (χ4n) is 1.70. The van der Waals surface area contributed by atoms with Gasteiger partial charge in [0, 0.05) is 18.7 Å². The molecule has 7 heteroatoms. The molecule has 0 bridgehead atoms. The third kappa shape index (κ3) is 6.65. The molecular formula is C13H21N3O3S. The van der Waals surface area contributed by atoms with Crippen LogP contribution in [0, 0.1) is 0 Å². The van der Waals surface area contributed by atoms with Crippen LogP contribution in [-0.4, -0.2) is 34.0 Å². The predicted octanol–water partition coefficient (Wildman–Crippen LogP) is 0.205. The first kappa shape index (κ1) is 16.6. The summed E-state index contributed by atoms with van der Waals surface area (Å²) in [5.74, 6) is -0.494. The quantitative estimate of drug-likeness (QED) is 0.597. The highest BCUT2D eigenvalue weighted by Crippen LogP contribution is 2.07. The Morgan fingerprint density at radius 1 is 1.25 bits per heavy atom.